The van der Waals surface area contributed by atoms with E-state index in [2.05, 4.69) is 25.4 Å². The monoisotopic (exact) mass is 376 g/mol. The molecule has 0 amide bonds. The van der Waals surface area contributed by atoms with Crippen LogP contribution in [-0.2, 0) is 6.61 Å². The molecule has 1 aromatic carbocycles. The molecule has 0 radical (unpaired) electrons. The van der Waals surface area contributed by atoms with Crippen LogP contribution in [0.4, 0.5) is 4.39 Å². The largest absolute Gasteiger partial charge is 0.470 e. The van der Waals surface area contributed by atoms with Crippen LogP contribution in [0.15, 0.2) is 53.2 Å². The Labute approximate surface area is 157 Å². The molecule has 0 aliphatic heterocycles. The summed E-state index contributed by atoms with van der Waals surface area (Å²) in [5.74, 6) is 0.670. The summed E-state index contributed by atoms with van der Waals surface area (Å²) in [5, 5.41) is 17.5. The van der Waals surface area contributed by atoms with E-state index in [1.54, 1.807) is 31.3 Å². The Morgan fingerprint density at radius 3 is 2.86 bits per heavy atom. The minimum absolute atomic E-state index is 0.118. The fourth-order valence-corrected chi connectivity index (χ4v) is 2.97. The minimum Gasteiger partial charge on any atom is -0.470 e. The van der Waals surface area contributed by atoms with Crippen molar-refractivity contribution in [2.45, 2.75) is 13.5 Å². The highest BCUT2D eigenvalue weighted by atomic mass is 19.1. The molecule has 5 aromatic rings. The molecule has 4 aromatic heterocycles. The predicted octanol–water partition coefficient (Wildman–Crippen LogP) is 3.35. The molecule has 0 N–H and O–H groups in total. The van der Waals surface area contributed by atoms with Crippen LogP contribution in [0.2, 0.25) is 0 Å². The maximum atomic E-state index is 14.6. The van der Waals surface area contributed by atoms with E-state index in [-0.39, 0.29) is 17.9 Å². The SMILES string of the molecule is Cc1cc(-c2nnc3c4cccc(F)c4c(OCc4ccccn4)nn23)no1. The van der Waals surface area contributed by atoms with Gasteiger partial charge in [0.25, 0.3) is 0 Å². The van der Waals surface area contributed by atoms with E-state index >= 15 is 0 Å². The van der Waals surface area contributed by atoms with Crippen LogP contribution in [0.3, 0.4) is 0 Å². The number of hydrogen-bond donors (Lipinski definition) is 0. The Bertz CT molecular complexity index is 1300. The van der Waals surface area contributed by atoms with Gasteiger partial charge in [0.2, 0.25) is 11.7 Å². The molecule has 0 saturated carbocycles. The number of benzene rings is 1. The van der Waals surface area contributed by atoms with Gasteiger partial charge in [0.15, 0.2) is 11.3 Å². The van der Waals surface area contributed by atoms with Crippen molar-refractivity contribution in [2.24, 2.45) is 0 Å². The molecule has 5 rings (SSSR count). The van der Waals surface area contributed by atoms with Gasteiger partial charge in [-0.25, -0.2) is 4.39 Å². The molecule has 0 aliphatic carbocycles. The highest BCUT2D eigenvalue weighted by molar-refractivity contribution is 5.97. The van der Waals surface area contributed by atoms with Gasteiger partial charge < -0.3 is 9.26 Å². The summed E-state index contributed by atoms with van der Waals surface area (Å²) >= 11 is 0. The van der Waals surface area contributed by atoms with Gasteiger partial charge in [-0.15, -0.1) is 15.3 Å². The Balaban J connectivity index is 1.70. The first-order valence-corrected chi connectivity index (χ1v) is 8.51. The second-order valence-electron chi connectivity index (χ2n) is 6.16. The molecule has 0 spiro atoms. The normalized spacial score (nSPS) is 11.4. The Morgan fingerprint density at radius 1 is 1.14 bits per heavy atom. The molecule has 0 fully saturated rings. The summed E-state index contributed by atoms with van der Waals surface area (Å²) in [4.78, 5) is 4.22. The number of rotatable bonds is 4. The molecule has 0 bridgehead atoms. The lowest BCUT2D eigenvalue weighted by Gasteiger charge is -2.10. The van der Waals surface area contributed by atoms with Gasteiger partial charge in [-0.1, -0.05) is 23.4 Å². The fourth-order valence-electron chi connectivity index (χ4n) is 2.97. The second kappa shape index (κ2) is 6.38. The standard InChI is InChI=1S/C19H13FN6O2/c1-11-9-15(25-28-11)18-23-22-17-13-6-4-7-14(20)16(13)19(24-26(17)18)27-10-12-5-2-3-8-21-12/h2-9H,10H2,1H3. The number of pyridine rings is 1. The lowest BCUT2D eigenvalue weighted by molar-refractivity contribution is 0.288. The van der Waals surface area contributed by atoms with E-state index in [4.69, 9.17) is 9.26 Å². The molecule has 138 valence electrons. The van der Waals surface area contributed by atoms with Gasteiger partial charge in [0.1, 0.15) is 18.2 Å². The van der Waals surface area contributed by atoms with Crippen molar-refractivity contribution in [1.82, 2.24) is 30.0 Å². The molecule has 0 atom stereocenters. The fraction of sp³-hybridized carbons (Fsp3) is 0.105. The average Bonchev–Trinajstić information content (AvgIpc) is 3.33. The van der Waals surface area contributed by atoms with E-state index in [1.165, 1.54) is 10.6 Å². The highest BCUT2D eigenvalue weighted by Crippen LogP contribution is 2.31. The minimum atomic E-state index is -0.453. The van der Waals surface area contributed by atoms with Gasteiger partial charge in [-0.2, -0.15) is 4.52 Å². The smallest absolute Gasteiger partial charge is 0.243 e. The zero-order valence-corrected chi connectivity index (χ0v) is 14.7. The first-order chi connectivity index (χ1) is 13.7. The number of aromatic nitrogens is 6. The average molecular weight is 376 g/mol. The van der Waals surface area contributed by atoms with Gasteiger partial charge in [-0.3, -0.25) is 4.98 Å². The summed E-state index contributed by atoms with van der Waals surface area (Å²) in [5.41, 5.74) is 1.57. The Morgan fingerprint density at radius 2 is 2.07 bits per heavy atom. The molecule has 0 unspecified atom stereocenters. The van der Waals surface area contributed by atoms with Crippen LogP contribution in [0.1, 0.15) is 11.5 Å². The first-order valence-electron chi connectivity index (χ1n) is 8.51. The van der Waals surface area contributed by atoms with Crippen molar-refractivity contribution < 1.29 is 13.7 Å². The summed E-state index contributed by atoms with van der Waals surface area (Å²) in [6.07, 6.45) is 1.67. The molecular weight excluding hydrogens is 363 g/mol. The lowest BCUT2D eigenvalue weighted by Crippen LogP contribution is -2.05. The lowest BCUT2D eigenvalue weighted by atomic mass is 10.2. The van der Waals surface area contributed by atoms with Gasteiger partial charge >= 0.3 is 0 Å². The number of hydrogen-bond acceptors (Lipinski definition) is 7. The molecular formula is C19H13FN6O2. The molecule has 4 heterocycles. The van der Waals surface area contributed by atoms with Gasteiger partial charge in [0.05, 0.1) is 11.1 Å². The number of fused-ring (bicyclic) bond motifs is 3. The Hall–Kier alpha value is -3.88. The van der Waals surface area contributed by atoms with Crippen LogP contribution in [0.25, 0.3) is 27.9 Å². The zero-order chi connectivity index (χ0) is 19.1. The maximum absolute atomic E-state index is 14.6. The van der Waals surface area contributed by atoms with Crippen LogP contribution < -0.4 is 4.74 Å². The van der Waals surface area contributed by atoms with Crippen LogP contribution in [0.5, 0.6) is 5.88 Å². The third-order valence-corrected chi connectivity index (χ3v) is 4.24. The highest BCUT2D eigenvalue weighted by Gasteiger charge is 2.20. The van der Waals surface area contributed by atoms with Crippen LogP contribution >= 0.6 is 0 Å². The zero-order valence-electron chi connectivity index (χ0n) is 14.7. The molecule has 9 heteroatoms. The van der Waals surface area contributed by atoms with Crippen molar-refractivity contribution in [2.75, 3.05) is 0 Å². The van der Waals surface area contributed by atoms with E-state index in [0.717, 1.165) is 0 Å². The molecule has 8 nitrogen and oxygen atoms in total. The van der Waals surface area contributed by atoms with E-state index in [1.807, 2.05) is 18.2 Å². The maximum Gasteiger partial charge on any atom is 0.243 e. The van der Waals surface area contributed by atoms with E-state index < -0.39 is 5.82 Å². The summed E-state index contributed by atoms with van der Waals surface area (Å²) in [7, 11) is 0. The van der Waals surface area contributed by atoms with Crippen molar-refractivity contribution in [3.05, 3.63) is 65.9 Å². The number of aryl methyl sites for hydroxylation is 1. The van der Waals surface area contributed by atoms with Crippen LogP contribution in [-0.4, -0.2) is 30.0 Å². The molecule has 0 aliphatic rings. The third-order valence-electron chi connectivity index (χ3n) is 4.24. The summed E-state index contributed by atoms with van der Waals surface area (Å²) in [6, 6.07) is 11.9. The topological polar surface area (TPSA) is 91.2 Å². The summed E-state index contributed by atoms with van der Waals surface area (Å²) < 4.78 is 27.0. The van der Waals surface area contributed by atoms with Gasteiger partial charge in [0, 0.05) is 17.6 Å². The number of halogens is 1. The van der Waals surface area contributed by atoms with Crippen molar-refractivity contribution in [1.29, 1.82) is 0 Å². The summed E-state index contributed by atoms with van der Waals surface area (Å²) in [6.45, 7) is 1.92. The van der Waals surface area contributed by atoms with Crippen molar-refractivity contribution in [3.8, 4) is 17.4 Å². The Kier molecular flexibility index (Phi) is 3.71. The van der Waals surface area contributed by atoms with E-state index in [9.17, 15) is 4.39 Å². The van der Waals surface area contributed by atoms with Crippen LogP contribution in [0, 0.1) is 12.7 Å². The third kappa shape index (κ3) is 2.64. The van der Waals surface area contributed by atoms with Crippen molar-refractivity contribution in [3.63, 3.8) is 0 Å². The van der Waals surface area contributed by atoms with Crippen molar-refractivity contribution >= 4 is 16.4 Å². The molecule has 0 saturated heterocycles. The number of ether oxygens (including phenoxy) is 1. The predicted molar refractivity (Wildman–Crippen MR) is 97.0 cm³/mol. The first kappa shape index (κ1) is 16.3. The quantitative estimate of drug-likeness (QED) is 0.475. The molecule has 28 heavy (non-hydrogen) atoms. The number of nitrogens with zero attached hydrogens (tertiary/aromatic N) is 6. The van der Waals surface area contributed by atoms with Gasteiger partial charge in [-0.05, 0) is 25.1 Å². The second-order valence-corrected chi connectivity index (χ2v) is 6.16. The van der Waals surface area contributed by atoms with E-state index in [0.29, 0.717) is 34.0 Å².